The van der Waals surface area contributed by atoms with E-state index in [0.29, 0.717) is 38.8 Å². The van der Waals surface area contributed by atoms with E-state index in [0.717, 1.165) is 23.9 Å². The molecular formula is C39H31ClF3N3O5S. The van der Waals surface area contributed by atoms with E-state index in [1.54, 1.807) is 103 Å². The molecule has 3 N–H and O–H groups in total. The number of hydrogen-bond acceptors (Lipinski definition) is 6. The lowest BCUT2D eigenvalue weighted by Gasteiger charge is -2.20. The Kier molecular flexibility index (Phi) is 12.3. The van der Waals surface area contributed by atoms with Crippen molar-refractivity contribution in [2.75, 3.05) is 24.9 Å². The summed E-state index contributed by atoms with van der Waals surface area (Å²) in [7, 11) is 2.93. The van der Waals surface area contributed by atoms with Crippen LogP contribution in [0, 0.1) is 0 Å². The lowest BCUT2D eigenvalue weighted by molar-refractivity contribution is -0.137. The number of methoxy groups -OCH3 is 2. The summed E-state index contributed by atoms with van der Waals surface area (Å²) in [6, 6.07) is 31.7. The number of benzene rings is 5. The lowest BCUT2D eigenvalue weighted by Crippen LogP contribution is -2.30. The fourth-order valence-electron chi connectivity index (χ4n) is 5.06. The third kappa shape index (κ3) is 9.53. The zero-order chi connectivity index (χ0) is 37.3. The number of carbonyl (C=O) groups excluding carboxylic acids is 3. The van der Waals surface area contributed by atoms with Gasteiger partial charge in [0.2, 0.25) is 5.91 Å². The summed E-state index contributed by atoms with van der Waals surface area (Å²) in [5, 5.41) is 6.77. The normalized spacial score (nSPS) is 12.0. The number of halogens is 4. The Morgan fingerprint density at radius 2 is 1.48 bits per heavy atom. The predicted molar refractivity (Wildman–Crippen MR) is 197 cm³/mol. The third-order valence-corrected chi connectivity index (χ3v) is 8.98. The number of amides is 3. The molecule has 0 aromatic heterocycles. The molecule has 0 aliphatic carbocycles. The van der Waals surface area contributed by atoms with Gasteiger partial charge in [-0.25, -0.2) is 0 Å². The maximum absolute atomic E-state index is 13.8. The fraction of sp³-hybridized carbons (Fsp3) is 0.103. The quantitative estimate of drug-likeness (QED) is 0.0869. The molecule has 0 aliphatic rings. The summed E-state index contributed by atoms with van der Waals surface area (Å²) < 4.78 is 52.4. The van der Waals surface area contributed by atoms with E-state index in [-0.39, 0.29) is 10.7 Å². The van der Waals surface area contributed by atoms with Crippen LogP contribution in [0.3, 0.4) is 0 Å². The van der Waals surface area contributed by atoms with Crippen LogP contribution in [0.2, 0.25) is 5.02 Å². The molecule has 5 aromatic carbocycles. The highest BCUT2D eigenvalue weighted by atomic mass is 35.5. The summed E-state index contributed by atoms with van der Waals surface area (Å²) in [5.41, 5.74) is 0.000920. The van der Waals surface area contributed by atoms with Gasteiger partial charge in [0, 0.05) is 26.7 Å². The van der Waals surface area contributed by atoms with Crippen LogP contribution in [0.1, 0.15) is 32.3 Å². The average molecular weight is 746 g/mol. The summed E-state index contributed by atoms with van der Waals surface area (Å²) >= 11 is 6.90. The number of ether oxygens (including phenoxy) is 2. The van der Waals surface area contributed by atoms with Crippen LogP contribution in [0.15, 0.2) is 132 Å². The first kappa shape index (κ1) is 37.5. The van der Waals surface area contributed by atoms with Crippen molar-refractivity contribution < 1.29 is 37.0 Å². The van der Waals surface area contributed by atoms with Crippen LogP contribution in [0.25, 0.3) is 6.08 Å². The van der Waals surface area contributed by atoms with E-state index >= 15 is 0 Å². The zero-order valence-electron chi connectivity index (χ0n) is 27.7. The Balaban J connectivity index is 1.43. The standard InChI is InChI=1S/C39H31ClF3N3O5S/c1-50-33-18-9-15-26(34(33)51-2)21-32(46-36(47)25-13-7-4-8-14-25)37(48)44-28-16-10-17-29(23-28)52-35(24-11-5-3-6-12-24)38(49)45-31-20-19-27(40)22-30(31)39(41,42)43/h3-23,35H,1-2H3,(H,44,48)(H,45,49)(H,46,47)/b32-21+. The average Bonchev–Trinajstić information content (AvgIpc) is 3.14. The van der Waals surface area contributed by atoms with Crippen LogP contribution in [0.5, 0.6) is 11.5 Å². The minimum absolute atomic E-state index is 0.108. The fourth-order valence-corrected chi connectivity index (χ4v) is 6.32. The number of hydrogen-bond donors (Lipinski definition) is 3. The molecule has 13 heteroatoms. The van der Waals surface area contributed by atoms with Crippen molar-refractivity contribution in [3.05, 3.63) is 154 Å². The largest absolute Gasteiger partial charge is 0.493 e. The van der Waals surface area contributed by atoms with Gasteiger partial charge in [0.25, 0.3) is 11.8 Å². The SMILES string of the molecule is COc1cccc(/C=C(/NC(=O)c2ccccc2)C(=O)Nc2cccc(SC(C(=O)Nc3ccc(Cl)cc3C(F)(F)F)c3ccccc3)c2)c1OC. The van der Waals surface area contributed by atoms with Crippen LogP contribution < -0.4 is 25.4 Å². The molecule has 0 fully saturated rings. The Morgan fingerprint density at radius 1 is 0.788 bits per heavy atom. The van der Waals surface area contributed by atoms with Crippen molar-refractivity contribution in [1.29, 1.82) is 0 Å². The van der Waals surface area contributed by atoms with Crippen molar-refractivity contribution in [2.24, 2.45) is 0 Å². The van der Waals surface area contributed by atoms with Gasteiger partial charge in [-0.1, -0.05) is 78.3 Å². The summed E-state index contributed by atoms with van der Waals surface area (Å²) in [6.07, 6.45) is -3.31. The minimum atomic E-state index is -4.76. The molecule has 0 radical (unpaired) electrons. The van der Waals surface area contributed by atoms with E-state index in [9.17, 15) is 27.6 Å². The van der Waals surface area contributed by atoms with E-state index < -0.39 is 40.4 Å². The maximum atomic E-state index is 13.8. The van der Waals surface area contributed by atoms with Crippen molar-refractivity contribution in [1.82, 2.24) is 5.32 Å². The number of alkyl halides is 3. The Bertz CT molecular complexity index is 2100. The number of nitrogens with one attached hydrogen (secondary N) is 3. The van der Waals surface area contributed by atoms with Gasteiger partial charge in [-0.3, -0.25) is 14.4 Å². The first-order valence-electron chi connectivity index (χ1n) is 15.6. The smallest absolute Gasteiger partial charge is 0.418 e. The molecule has 0 saturated heterocycles. The molecule has 5 rings (SSSR count). The summed E-state index contributed by atoms with van der Waals surface area (Å²) in [5.74, 6) is -1.15. The predicted octanol–water partition coefficient (Wildman–Crippen LogP) is 9.26. The number of rotatable bonds is 12. The molecule has 5 aromatic rings. The van der Waals surface area contributed by atoms with Gasteiger partial charge in [0.15, 0.2) is 11.5 Å². The highest BCUT2D eigenvalue weighted by Gasteiger charge is 2.35. The molecule has 0 aliphatic heterocycles. The second-order valence-corrected chi connectivity index (χ2v) is 12.6. The zero-order valence-corrected chi connectivity index (χ0v) is 29.2. The van der Waals surface area contributed by atoms with E-state index in [4.69, 9.17) is 21.1 Å². The Labute approximate surface area is 307 Å². The topological polar surface area (TPSA) is 106 Å². The van der Waals surface area contributed by atoms with Crippen LogP contribution in [0.4, 0.5) is 24.5 Å². The van der Waals surface area contributed by atoms with Gasteiger partial charge in [-0.05, 0) is 66.2 Å². The lowest BCUT2D eigenvalue weighted by atomic mass is 10.1. The molecule has 0 saturated carbocycles. The van der Waals surface area contributed by atoms with E-state index in [1.807, 2.05) is 0 Å². The van der Waals surface area contributed by atoms with Gasteiger partial charge >= 0.3 is 6.18 Å². The number of thioether (sulfide) groups is 1. The molecule has 0 bridgehead atoms. The van der Waals surface area contributed by atoms with Gasteiger partial charge in [-0.2, -0.15) is 13.2 Å². The number of anilines is 2. The van der Waals surface area contributed by atoms with E-state index in [2.05, 4.69) is 16.0 Å². The highest BCUT2D eigenvalue weighted by molar-refractivity contribution is 8.00. The van der Waals surface area contributed by atoms with E-state index in [1.165, 1.54) is 26.4 Å². The third-order valence-electron chi connectivity index (χ3n) is 7.49. The minimum Gasteiger partial charge on any atom is -0.493 e. The molecule has 266 valence electrons. The Morgan fingerprint density at radius 3 is 2.15 bits per heavy atom. The van der Waals surface area contributed by atoms with Gasteiger partial charge in [0.05, 0.1) is 25.5 Å². The van der Waals surface area contributed by atoms with Gasteiger partial charge < -0.3 is 25.4 Å². The van der Waals surface area contributed by atoms with Crippen LogP contribution in [-0.2, 0) is 15.8 Å². The van der Waals surface area contributed by atoms with Crippen molar-refractivity contribution >= 4 is 58.5 Å². The summed E-state index contributed by atoms with van der Waals surface area (Å²) in [6.45, 7) is 0. The van der Waals surface area contributed by atoms with Crippen molar-refractivity contribution in [2.45, 2.75) is 16.3 Å². The first-order valence-corrected chi connectivity index (χ1v) is 16.8. The van der Waals surface area contributed by atoms with Crippen LogP contribution in [-0.4, -0.2) is 31.9 Å². The maximum Gasteiger partial charge on any atom is 0.418 e. The number of para-hydroxylation sites is 1. The molecular weight excluding hydrogens is 715 g/mol. The van der Waals surface area contributed by atoms with Crippen molar-refractivity contribution in [3.8, 4) is 11.5 Å². The molecule has 1 atom stereocenters. The van der Waals surface area contributed by atoms with Gasteiger partial charge in [0.1, 0.15) is 10.9 Å². The monoisotopic (exact) mass is 745 g/mol. The van der Waals surface area contributed by atoms with Crippen LogP contribution >= 0.6 is 23.4 Å². The molecule has 0 spiro atoms. The molecule has 1 unspecified atom stereocenters. The number of carbonyl (C=O) groups is 3. The summed E-state index contributed by atoms with van der Waals surface area (Å²) in [4.78, 5) is 41.2. The second kappa shape index (κ2) is 17.0. The molecule has 52 heavy (non-hydrogen) atoms. The molecule has 3 amide bonds. The molecule has 8 nitrogen and oxygen atoms in total. The van der Waals surface area contributed by atoms with Crippen molar-refractivity contribution in [3.63, 3.8) is 0 Å². The Hall–Kier alpha value is -5.72. The molecule has 0 heterocycles. The highest BCUT2D eigenvalue weighted by Crippen LogP contribution is 2.40. The first-order chi connectivity index (χ1) is 25.0. The second-order valence-electron chi connectivity index (χ2n) is 11.0. The van der Waals surface area contributed by atoms with Gasteiger partial charge in [-0.15, -0.1) is 11.8 Å².